The summed E-state index contributed by atoms with van der Waals surface area (Å²) >= 11 is 11.8. The number of aryl methyl sites for hydroxylation is 1. The second-order valence-corrected chi connectivity index (χ2v) is 6.36. The highest BCUT2D eigenvalue weighted by Crippen LogP contribution is 2.29. The van der Waals surface area contributed by atoms with Crippen molar-refractivity contribution >= 4 is 40.6 Å². The number of carbonyl (C=O) groups excluding carboxylic acids is 1. The van der Waals surface area contributed by atoms with Crippen LogP contribution in [0.2, 0.25) is 10.0 Å². The zero-order chi connectivity index (χ0) is 16.4. The lowest BCUT2D eigenvalue weighted by atomic mass is 9.88. The predicted octanol–water partition coefficient (Wildman–Crippen LogP) is 4.49. The van der Waals surface area contributed by atoms with Crippen LogP contribution in [0.15, 0.2) is 36.4 Å². The van der Waals surface area contributed by atoms with E-state index in [4.69, 9.17) is 23.2 Å². The minimum Gasteiger partial charge on any atom is -0.393 e. The number of anilines is 2. The Bertz CT molecular complexity index is 749. The van der Waals surface area contributed by atoms with Gasteiger partial charge in [0.25, 0.3) is 0 Å². The number of amides is 2. The molecule has 4 nitrogen and oxygen atoms in total. The number of aliphatic hydroxyl groups is 1. The summed E-state index contributed by atoms with van der Waals surface area (Å²) in [5, 5.41) is 16.2. The molecule has 0 bridgehead atoms. The number of aliphatic hydroxyl groups excluding tert-OH is 1. The van der Waals surface area contributed by atoms with E-state index in [2.05, 4.69) is 10.6 Å². The highest BCUT2D eigenvalue weighted by atomic mass is 35.5. The highest BCUT2D eigenvalue weighted by molar-refractivity contribution is 6.42. The van der Waals surface area contributed by atoms with Gasteiger partial charge in [-0.25, -0.2) is 4.79 Å². The Morgan fingerprint density at radius 3 is 2.74 bits per heavy atom. The summed E-state index contributed by atoms with van der Waals surface area (Å²) < 4.78 is 0. The van der Waals surface area contributed by atoms with Gasteiger partial charge in [-0.3, -0.25) is 0 Å². The van der Waals surface area contributed by atoms with E-state index in [9.17, 15) is 9.90 Å². The van der Waals surface area contributed by atoms with Crippen LogP contribution in [0.5, 0.6) is 0 Å². The number of benzene rings is 2. The van der Waals surface area contributed by atoms with Gasteiger partial charge in [-0.05, 0) is 48.2 Å². The van der Waals surface area contributed by atoms with Crippen LogP contribution >= 0.6 is 23.2 Å². The van der Waals surface area contributed by atoms with Gasteiger partial charge >= 0.3 is 6.03 Å². The lowest BCUT2D eigenvalue weighted by molar-refractivity contribution is 0.159. The van der Waals surface area contributed by atoms with Gasteiger partial charge < -0.3 is 15.7 Å². The third-order valence-electron chi connectivity index (χ3n) is 3.89. The lowest BCUT2D eigenvalue weighted by Crippen LogP contribution is -2.24. The quantitative estimate of drug-likeness (QED) is 0.747. The first-order chi connectivity index (χ1) is 11.0. The van der Waals surface area contributed by atoms with E-state index in [1.165, 1.54) is 5.56 Å². The van der Waals surface area contributed by atoms with Crippen molar-refractivity contribution in [1.82, 2.24) is 0 Å². The fraction of sp³-hybridized carbons (Fsp3) is 0.235. The fourth-order valence-corrected chi connectivity index (χ4v) is 3.04. The topological polar surface area (TPSA) is 61.4 Å². The number of fused-ring (bicyclic) bond motifs is 1. The SMILES string of the molecule is O=C(Nc1ccc(Cl)c(Cl)c1)Nc1cccc2c1CC(O)CC2. The highest BCUT2D eigenvalue weighted by Gasteiger charge is 2.19. The maximum atomic E-state index is 12.2. The van der Waals surface area contributed by atoms with Crippen molar-refractivity contribution in [3.63, 3.8) is 0 Å². The summed E-state index contributed by atoms with van der Waals surface area (Å²) in [4.78, 5) is 12.2. The predicted molar refractivity (Wildman–Crippen MR) is 93.6 cm³/mol. The molecule has 3 rings (SSSR count). The Labute approximate surface area is 144 Å². The number of carbonyl (C=O) groups is 1. The van der Waals surface area contributed by atoms with Gasteiger partial charge in [0.15, 0.2) is 0 Å². The van der Waals surface area contributed by atoms with Crippen LogP contribution in [0.1, 0.15) is 17.5 Å². The molecular formula is C17H16Cl2N2O2. The first-order valence-electron chi connectivity index (χ1n) is 7.35. The Morgan fingerprint density at radius 1 is 1.13 bits per heavy atom. The van der Waals surface area contributed by atoms with Gasteiger partial charge in [0.05, 0.1) is 16.1 Å². The minimum absolute atomic E-state index is 0.358. The largest absolute Gasteiger partial charge is 0.393 e. The molecule has 0 heterocycles. The van der Waals surface area contributed by atoms with Crippen molar-refractivity contribution in [3.05, 3.63) is 57.6 Å². The Kier molecular flexibility index (Phi) is 4.76. The molecular weight excluding hydrogens is 335 g/mol. The smallest absolute Gasteiger partial charge is 0.323 e. The zero-order valence-electron chi connectivity index (χ0n) is 12.3. The maximum Gasteiger partial charge on any atom is 0.323 e. The molecule has 0 aliphatic heterocycles. The second kappa shape index (κ2) is 6.79. The van der Waals surface area contributed by atoms with Crippen LogP contribution in [-0.2, 0) is 12.8 Å². The summed E-state index contributed by atoms with van der Waals surface area (Å²) in [7, 11) is 0. The van der Waals surface area contributed by atoms with Gasteiger partial charge in [-0.2, -0.15) is 0 Å². The average molecular weight is 351 g/mol. The van der Waals surface area contributed by atoms with Gasteiger partial charge in [0.2, 0.25) is 0 Å². The molecule has 0 aromatic heterocycles. The van der Waals surface area contributed by atoms with E-state index < -0.39 is 0 Å². The van der Waals surface area contributed by atoms with Gasteiger partial charge in [-0.1, -0.05) is 35.3 Å². The van der Waals surface area contributed by atoms with Crippen molar-refractivity contribution in [2.75, 3.05) is 10.6 Å². The van der Waals surface area contributed by atoms with E-state index in [0.717, 1.165) is 24.1 Å². The van der Waals surface area contributed by atoms with Crippen molar-refractivity contribution in [2.24, 2.45) is 0 Å². The summed E-state index contributed by atoms with van der Waals surface area (Å²) in [6.07, 6.45) is 1.77. The molecule has 120 valence electrons. The van der Waals surface area contributed by atoms with E-state index in [1.807, 2.05) is 18.2 Å². The molecule has 2 amide bonds. The van der Waals surface area contributed by atoms with Crippen molar-refractivity contribution in [1.29, 1.82) is 0 Å². The molecule has 2 aromatic rings. The van der Waals surface area contributed by atoms with Crippen LogP contribution in [0.4, 0.5) is 16.2 Å². The number of rotatable bonds is 2. The molecule has 0 spiro atoms. The molecule has 23 heavy (non-hydrogen) atoms. The van der Waals surface area contributed by atoms with Crippen LogP contribution in [0.3, 0.4) is 0 Å². The molecule has 1 atom stereocenters. The standard InChI is InChI=1S/C17H16Cl2N2O2/c18-14-7-5-11(8-15(14)19)20-17(23)21-16-3-1-2-10-4-6-12(22)9-13(10)16/h1-3,5,7-8,12,22H,4,6,9H2,(H2,20,21,23). The van der Waals surface area contributed by atoms with Crippen LogP contribution in [-0.4, -0.2) is 17.2 Å². The fourth-order valence-electron chi connectivity index (χ4n) is 2.75. The number of hydrogen-bond acceptors (Lipinski definition) is 2. The van der Waals surface area contributed by atoms with Gasteiger partial charge in [0, 0.05) is 17.8 Å². The number of halogens is 2. The van der Waals surface area contributed by atoms with Crippen molar-refractivity contribution < 1.29 is 9.90 Å². The first kappa shape index (κ1) is 16.1. The molecule has 3 N–H and O–H groups in total. The van der Waals surface area contributed by atoms with Crippen molar-refractivity contribution in [2.45, 2.75) is 25.4 Å². The second-order valence-electron chi connectivity index (χ2n) is 5.55. The van der Waals surface area contributed by atoms with Crippen molar-refractivity contribution in [3.8, 4) is 0 Å². The normalized spacial score (nSPS) is 16.6. The van der Waals surface area contributed by atoms with E-state index >= 15 is 0 Å². The summed E-state index contributed by atoms with van der Waals surface area (Å²) in [5.41, 5.74) is 3.44. The van der Waals surface area contributed by atoms with Crippen LogP contribution in [0.25, 0.3) is 0 Å². The van der Waals surface area contributed by atoms with Crippen LogP contribution in [0, 0.1) is 0 Å². The molecule has 2 aromatic carbocycles. The van der Waals surface area contributed by atoms with Gasteiger partial charge in [-0.15, -0.1) is 0 Å². The Hall–Kier alpha value is -1.75. The summed E-state index contributed by atoms with van der Waals surface area (Å²) in [5.74, 6) is 0. The summed E-state index contributed by atoms with van der Waals surface area (Å²) in [6.45, 7) is 0. The first-order valence-corrected chi connectivity index (χ1v) is 8.10. The van der Waals surface area contributed by atoms with Crippen LogP contribution < -0.4 is 10.6 Å². The lowest BCUT2D eigenvalue weighted by Gasteiger charge is -2.23. The minimum atomic E-state index is -0.364. The molecule has 1 aliphatic carbocycles. The zero-order valence-corrected chi connectivity index (χ0v) is 13.8. The maximum absolute atomic E-state index is 12.2. The van der Waals surface area contributed by atoms with E-state index in [0.29, 0.717) is 22.2 Å². The molecule has 6 heteroatoms. The molecule has 1 unspecified atom stereocenters. The van der Waals surface area contributed by atoms with E-state index in [-0.39, 0.29) is 12.1 Å². The average Bonchev–Trinajstić information content (AvgIpc) is 2.51. The molecule has 0 saturated heterocycles. The van der Waals surface area contributed by atoms with E-state index in [1.54, 1.807) is 18.2 Å². The summed E-state index contributed by atoms with van der Waals surface area (Å²) in [6, 6.07) is 10.3. The molecule has 1 aliphatic rings. The monoisotopic (exact) mass is 350 g/mol. The third-order valence-corrected chi connectivity index (χ3v) is 4.62. The number of nitrogens with one attached hydrogen (secondary N) is 2. The third kappa shape index (κ3) is 3.78. The molecule has 0 saturated carbocycles. The number of urea groups is 1. The molecule has 0 fully saturated rings. The van der Waals surface area contributed by atoms with Gasteiger partial charge in [0.1, 0.15) is 0 Å². The molecule has 0 radical (unpaired) electrons. The number of hydrogen-bond donors (Lipinski definition) is 3. The Balaban J connectivity index is 1.74. The Morgan fingerprint density at radius 2 is 1.96 bits per heavy atom.